The number of nitrogens with zero attached hydrogens (tertiary/aromatic N) is 1. The Bertz CT molecular complexity index is 1070. The molecule has 0 aliphatic rings. The van der Waals surface area contributed by atoms with Crippen LogP contribution >= 0.6 is 0 Å². The van der Waals surface area contributed by atoms with Crippen molar-refractivity contribution in [3.05, 3.63) is 103 Å². The lowest BCUT2D eigenvalue weighted by molar-refractivity contribution is 0.212. The highest BCUT2D eigenvalue weighted by Crippen LogP contribution is 2.40. The van der Waals surface area contributed by atoms with Crippen LogP contribution in [-0.2, 0) is 4.43 Å². The molecule has 152 valence electrons. The van der Waals surface area contributed by atoms with Crippen LogP contribution in [0.2, 0.25) is 5.04 Å². The summed E-state index contributed by atoms with van der Waals surface area (Å²) in [6.45, 7) is 9.13. The fourth-order valence-corrected chi connectivity index (χ4v) is 9.16. The molecule has 0 saturated heterocycles. The van der Waals surface area contributed by atoms with Crippen molar-refractivity contribution in [1.82, 2.24) is 4.98 Å². The smallest absolute Gasteiger partial charge is 0.261 e. The second-order valence-electron chi connectivity index (χ2n) is 8.84. The van der Waals surface area contributed by atoms with Gasteiger partial charge in [-0.1, -0.05) is 99.6 Å². The molecule has 1 atom stereocenters. The van der Waals surface area contributed by atoms with Crippen molar-refractivity contribution in [1.29, 1.82) is 0 Å². The molecule has 3 heteroatoms. The number of aromatic nitrogens is 1. The molecule has 0 bridgehead atoms. The number of fused-ring (bicyclic) bond motifs is 1. The third kappa shape index (κ3) is 3.60. The number of hydrogen-bond donors (Lipinski definition) is 0. The van der Waals surface area contributed by atoms with Crippen molar-refractivity contribution in [3.8, 4) is 0 Å². The van der Waals surface area contributed by atoms with E-state index in [4.69, 9.17) is 4.43 Å². The number of benzene rings is 3. The minimum atomic E-state index is -2.60. The predicted octanol–water partition coefficient (Wildman–Crippen LogP) is 5.87. The second-order valence-corrected chi connectivity index (χ2v) is 13.1. The van der Waals surface area contributed by atoms with Crippen molar-refractivity contribution in [2.75, 3.05) is 0 Å². The quantitative estimate of drug-likeness (QED) is 0.383. The summed E-state index contributed by atoms with van der Waals surface area (Å²) in [5, 5.41) is 3.71. The van der Waals surface area contributed by atoms with Crippen LogP contribution < -0.4 is 10.4 Å². The Balaban J connectivity index is 1.90. The second kappa shape index (κ2) is 8.17. The van der Waals surface area contributed by atoms with Crippen LogP contribution in [0.4, 0.5) is 0 Å². The van der Waals surface area contributed by atoms with E-state index in [0.717, 1.165) is 10.9 Å². The lowest BCUT2D eigenvalue weighted by atomic mass is 10.1. The Morgan fingerprint density at radius 2 is 1.27 bits per heavy atom. The third-order valence-electron chi connectivity index (χ3n) is 5.89. The highest BCUT2D eigenvalue weighted by Gasteiger charge is 2.51. The van der Waals surface area contributed by atoms with Gasteiger partial charge in [0, 0.05) is 11.6 Å². The third-order valence-corrected chi connectivity index (χ3v) is 11.0. The first-order valence-electron chi connectivity index (χ1n) is 10.6. The topological polar surface area (TPSA) is 22.1 Å². The van der Waals surface area contributed by atoms with Gasteiger partial charge in [0.1, 0.15) is 0 Å². The fourth-order valence-electron chi connectivity index (χ4n) is 4.49. The average Bonchev–Trinajstić information content (AvgIpc) is 2.77. The molecule has 4 aromatic rings. The first-order chi connectivity index (χ1) is 14.4. The summed E-state index contributed by atoms with van der Waals surface area (Å²) in [4.78, 5) is 4.54. The van der Waals surface area contributed by atoms with Crippen LogP contribution in [-0.4, -0.2) is 13.3 Å². The summed E-state index contributed by atoms with van der Waals surface area (Å²) < 4.78 is 7.28. The van der Waals surface area contributed by atoms with Crippen molar-refractivity contribution < 1.29 is 4.43 Å². The molecular formula is C27H29NOSi. The zero-order valence-corrected chi connectivity index (χ0v) is 19.2. The number of para-hydroxylation sites is 1. The van der Waals surface area contributed by atoms with Gasteiger partial charge in [-0.05, 0) is 40.0 Å². The molecule has 0 unspecified atom stereocenters. The van der Waals surface area contributed by atoms with E-state index in [-0.39, 0.29) is 11.1 Å². The van der Waals surface area contributed by atoms with Gasteiger partial charge in [-0.25, -0.2) is 0 Å². The average molecular weight is 412 g/mol. The Morgan fingerprint density at radius 3 is 1.83 bits per heavy atom. The van der Waals surface area contributed by atoms with Crippen molar-refractivity contribution in [2.45, 2.75) is 38.8 Å². The largest absolute Gasteiger partial charge is 0.401 e. The van der Waals surface area contributed by atoms with Gasteiger partial charge in [-0.15, -0.1) is 0 Å². The minimum Gasteiger partial charge on any atom is -0.401 e. The Morgan fingerprint density at radius 1 is 0.733 bits per heavy atom. The molecule has 0 aliphatic carbocycles. The SMILES string of the molecule is C[C@H](O[Si](c1ccccc1)(c1ccccc1)C(C)(C)C)c1ccnc2ccccc12. The van der Waals surface area contributed by atoms with Crippen molar-refractivity contribution in [2.24, 2.45) is 0 Å². The van der Waals surface area contributed by atoms with Gasteiger partial charge < -0.3 is 4.43 Å². The fraction of sp³-hybridized carbons (Fsp3) is 0.222. The highest BCUT2D eigenvalue weighted by atomic mass is 28.4. The molecule has 2 nitrogen and oxygen atoms in total. The van der Waals surface area contributed by atoms with E-state index in [1.165, 1.54) is 15.9 Å². The molecule has 3 aromatic carbocycles. The molecule has 30 heavy (non-hydrogen) atoms. The zero-order valence-electron chi connectivity index (χ0n) is 18.2. The molecule has 1 heterocycles. The number of pyridine rings is 1. The van der Waals surface area contributed by atoms with E-state index < -0.39 is 8.32 Å². The summed E-state index contributed by atoms with van der Waals surface area (Å²) in [6, 6.07) is 32.0. The first kappa shape index (κ1) is 20.5. The summed E-state index contributed by atoms with van der Waals surface area (Å²) in [6.07, 6.45) is 1.83. The normalized spacial score (nSPS) is 13.3. The standard InChI is InChI=1S/C27H29NOSi/c1-21(24-19-20-28-26-18-12-11-17-25(24)26)29-30(27(2,3)4,22-13-7-5-8-14-22)23-15-9-6-10-16-23/h5-21H,1-4H3/t21-/m0/s1. The van der Waals surface area contributed by atoms with Gasteiger partial charge in [-0.2, -0.15) is 0 Å². The summed E-state index contributed by atoms with van der Waals surface area (Å²) in [5.74, 6) is 0. The molecule has 0 fully saturated rings. The Labute approximate surface area is 180 Å². The monoisotopic (exact) mass is 411 g/mol. The summed E-state index contributed by atoms with van der Waals surface area (Å²) >= 11 is 0. The van der Waals surface area contributed by atoms with Crippen LogP contribution in [0, 0.1) is 0 Å². The molecule has 0 spiro atoms. The predicted molar refractivity (Wildman–Crippen MR) is 129 cm³/mol. The van der Waals surface area contributed by atoms with Crippen LogP contribution in [0.3, 0.4) is 0 Å². The highest BCUT2D eigenvalue weighted by molar-refractivity contribution is 6.99. The van der Waals surface area contributed by atoms with Crippen LogP contribution in [0.1, 0.15) is 39.4 Å². The minimum absolute atomic E-state index is 0.0488. The molecule has 0 saturated carbocycles. The van der Waals surface area contributed by atoms with Gasteiger partial charge in [0.15, 0.2) is 0 Å². The lowest BCUT2D eigenvalue weighted by Gasteiger charge is -2.44. The van der Waals surface area contributed by atoms with E-state index in [0.29, 0.717) is 0 Å². The lowest BCUT2D eigenvalue weighted by Crippen LogP contribution is -2.66. The van der Waals surface area contributed by atoms with E-state index in [2.05, 4.69) is 118 Å². The first-order valence-corrected chi connectivity index (χ1v) is 12.5. The molecule has 4 rings (SSSR count). The Kier molecular flexibility index (Phi) is 5.59. The van der Waals surface area contributed by atoms with E-state index >= 15 is 0 Å². The van der Waals surface area contributed by atoms with E-state index in [1.54, 1.807) is 0 Å². The molecular weight excluding hydrogens is 382 g/mol. The molecule has 0 amide bonds. The maximum atomic E-state index is 7.28. The summed E-state index contributed by atoms with van der Waals surface area (Å²) in [5.41, 5.74) is 2.20. The molecule has 0 radical (unpaired) electrons. The molecule has 0 N–H and O–H groups in total. The maximum absolute atomic E-state index is 7.28. The van der Waals surface area contributed by atoms with Gasteiger partial charge in [0.2, 0.25) is 0 Å². The van der Waals surface area contributed by atoms with Crippen molar-refractivity contribution in [3.63, 3.8) is 0 Å². The van der Waals surface area contributed by atoms with Crippen molar-refractivity contribution >= 4 is 29.6 Å². The maximum Gasteiger partial charge on any atom is 0.261 e. The van der Waals surface area contributed by atoms with E-state index in [1.807, 2.05) is 12.3 Å². The molecule has 1 aromatic heterocycles. The van der Waals surface area contributed by atoms with Crippen LogP contribution in [0.15, 0.2) is 97.2 Å². The van der Waals surface area contributed by atoms with E-state index in [9.17, 15) is 0 Å². The Hall–Kier alpha value is -2.75. The van der Waals surface area contributed by atoms with Gasteiger partial charge in [0.25, 0.3) is 8.32 Å². The van der Waals surface area contributed by atoms with Crippen LogP contribution in [0.25, 0.3) is 10.9 Å². The van der Waals surface area contributed by atoms with Gasteiger partial charge in [0.05, 0.1) is 11.6 Å². The zero-order chi connectivity index (χ0) is 21.2. The number of hydrogen-bond acceptors (Lipinski definition) is 2. The molecule has 0 aliphatic heterocycles. The van der Waals surface area contributed by atoms with Gasteiger partial charge in [-0.3, -0.25) is 4.98 Å². The number of rotatable bonds is 5. The van der Waals surface area contributed by atoms with Crippen LogP contribution in [0.5, 0.6) is 0 Å². The van der Waals surface area contributed by atoms with Gasteiger partial charge >= 0.3 is 0 Å². The summed E-state index contributed by atoms with van der Waals surface area (Å²) in [7, 11) is -2.60.